The Morgan fingerprint density at radius 1 is 1.00 bits per heavy atom. The van der Waals surface area contributed by atoms with E-state index in [-0.39, 0.29) is 5.41 Å². The lowest BCUT2D eigenvalue weighted by molar-refractivity contribution is -0.156. The minimum Gasteiger partial charge on any atom is -0.481 e. The van der Waals surface area contributed by atoms with Gasteiger partial charge in [-0.25, -0.2) is 0 Å². The highest BCUT2D eigenvalue weighted by Gasteiger charge is 2.52. The molecule has 1 N–H and O–H groups in total. The molecule has 0 unspecified atom stereocenters. The first-order chi connectivity index (χ1) is 8.56. The largest absolute Gasteiger partial charge is 0.481 e. The van der Waals surface area contributed by atoms with E-state index < -0.39 is 11.4 Å². The predicted molar refractivity (Wildman–Crippen MR) is 70.9 cm³/mol. The lowest BCUT2D eigenvalue weighted by Gasteiger charge is -2.51. The van der Waals surface area contributed by atoms with Crippen LogP contribution < -0.4 is 0 Å². The molecule has 0 aromatic heterocycles. The first-order valence-electron chi connectivity index (χ1n) is 6.56. The van der Waals surface area contributed by atoms with Crippen LogP contribution in [0.4, 0.5) is 0 Å². The van der Waals surface area contributed by atoms with E-state index in [4.69, 9.17) is 11.6 Å². The quantitative estimate of drug-likeness (QED) is 0.876. The van der Waals surface area contributed by atoms with Gasteiger partial charge in [-0.05, 0) is 61.6 Å². The van der Waals surface area contributed by atoms with Gasteiger partial charge >= 0.3 is 5.97 Å². The molecule has 3 saturated carbocycles. The second-order valence-electron chi connectivity index (χ2n) is 5.87. The van der Waals surface area contributed by atoms with Crippen LogP contribution in [0.1, 0.15) is 44.1 Å². The molecule has 3 aliphatic rings. The summed E-state index contributed by atoms with van der Waals surface area (Å²) < 4.78 is 0. The molecule has 1 aromatic carbocycles. The molecule has 0 atom stereocenters. The molecule has 0 spiro atoms. The summed E-state index contributed by atoms with van der Waals surface area (Å²) in [6, 6.07) is 8.11. The van der Waals surface area contributed by atoms with E-state index in [0.29, 0.717) is 0 Å². The smallest absolute Gasteiger partial charge is 0.309 e. The number of benzene rings is 1. The Morgan fingerprint density at radius 2 is 1.50 bits per heavy atom. The number of rotatable bonds is 2. The summed E-state index contributed by atoms with van der Waals surface area (Å²) in [6.45, 7) is 0. The number of carboxylic acid groups (broad SMARTS) is 1. The maximum atomic E-state index is 11.4. The molecule has 2 bridgehead atoms. The molecule has 4 rings (SSSR count). The predicted octanol–water partition coefficient (Wildman–Crippen LogP) is 4.02. The highest BCUT2D eigenvalue weighted by molar-refractivity contribution is 6.30. The van der Waals surface area contributed by atoms with Crippen molar-refractivity contribution in [2.45, 2.75) is 43.9 Å². The van der Waals surface area contributed by atoms with Gasteiger partial charge in [0.1, 0.15) is 0 Å². The van der Waals surface area contributed by atoms with E-state index in [2.05, 4.69) is 12.1 Å². The van der Waals surface area contributed by atoms with Crippen LogP contribution in [0.2, 0.25) is 5.02 Å². The third-order valence-corrected chi connectivity index (χ3v) is 5.41. The average molecular weight is 265 g/mol. The van der Waals surface area contributed by atoms with E-state index in [1.807, 2.05) is 12.1 Å². The van der Waals surface area contributed by atoms with Crippen LogP contribution in [0, 0.1) is 5.41 Å². The molecule has 2 nitrogen and oxygen atoms in total. The van der Waals surface area contributed by atoms with Crippen molar-refractivity contribution in [3.8, 4) is 0 Å². The van der Waals surface area contributed by atoms with Crippen LogP contribution in [0.25, 0.3) is 0 Å². The summed E-state index contributed by atoms with van der Waals surface area (Å²) in [5.74, 6) is -0.591. The molecule has 0 amide bonds. The summed E-state index contributed by atoms with van der Waals surface area (Å²) in [4.78, 5) is 11.4. The Morgan fingerprint density at radius 3 is 1.94 bits per heavy atom. The van der Waals surface area contributed by atoms with Gasteiger partial charge in [0.15, 0.2) is 0 Å². The fourth-order valence-corrected chi connectivity index (χ4v) is 3.87. The summed E-state index contributed by atoms with van der Waals surface area (Å²) in [7, 11) is 0. The van der Waals surface area contributed by atoms with Crippen LogP contribution in [-0.4, -0.2) is 11.1 Å². The van der Waals surface area contributed by atoms with E-state index in [1.165, 1.54) is 5.56 Å². The van der Waals surface area contributed by atoms with E-state index in [9.17, 15) is 9.90 Å². The Kier molecular flexibility index (Phi) is 2.67. The number of halogens is 1. The second-order valence-corrected chi connectivity index (χ2v) is 6.31. The van der Waals surface area contributed by atoms with Gasteiger partial charge in [-0.15, -0.1) is 0 Å². The molecule has 0 heterocycles. The van der Waals surface area contributed by atoms with Crippen molar-refractivity contribution in [1.82, 2.24) is 0 Å². The normalized spacial score (nSPS) is 34.5. The monoisotopic (exact) mass is 264 g/mol. The molecule has 18 heavy (non-hydrogen) atoms. The van der Waals surface area contributed by atoms with Crippen molar-refractivity contribution in [1.29, 1.82) is 0 Å². The molecule has 1 aromatic rings. The summed E-state index contributed by atoms with van der Waals surface area (Å²) >= 11 is 5.94. The molecule has 0 aliphatic heterocycles. The zero-order chi connectivity index (χ0) is 12.8. The minimum absolute atomic E-state index is 0.210. The van der Waals surface area contributed by atoms with Crippen LogP contribution in [0.15, 0.2) is 24.3 Å². The first kappa shape index (κ1) is 12.0. The standard InChI is InChI=1S/C15H17ClO2/c16-12-3-1-11(2-4-12)14-5-8-15(9-6-14,10-7-14)13(17)18/h1-4H,5-10H2,(H,17,18). The Balaban J connectivity index is 1.88. The van der Waals surface area contributed by atoms with Gasteiger partial charge < -0.3 is 5.11 Å². The fraction of sp³-hybridized carbons (Fsp3) is 0.533. The van der Waals surface area contributed by atoms with Crippen LogP contribution in [0.5, 0.6) is 0 Å². The van der Waals surface area contributed by atoms with Crippen molar-refractivity contribution in [2.75, 3.05) is 0 Å². The maximum Gasteiger partial charge on any atom is 0.309 e. The minimum atomic E-state index is -0.591. The van der Waals surface area contributed by atoms with E-state index in [1.54, 1.807) is 0 Å². The number of fused-ring (bicyclic) bond motifs is 3. The molecule has 3 aliphatic carbocycles. The highest BCUT2D eigenvalue weighted by Crippen LogP contribution is 2.57. The third kappa shape index (κ3) is 1.66. The topological polar surface area (TPSA) is 37.3 Å². The number of carboxylic acids is 1. The average Bonchev–Trinajstić information content (AvgIpc) is 2.41. The fourth-order valence-electron chi connectivity index (χ4n) is 3.74. The molecular weight excluding hydrogens is 248 g/mol. The zero-order valence-electron chi connectivity index (χ0n) is 10.3. The molecule has 0 radical (unpaired) electrons. The number of carbonyl (C=O) groups is 1. The van der Waals surface area contributed by atoms with E-state index in [0.717, 1.165) is 43.5 Å². The summed E-state index contributed by atoms with van der Waals surface area (Å²) in [5, 5.41) is 10.2. The van der Waals surface area contributed by atoms with Gasteiger partial charge in [0.25, 0.3) is 0 Å². The van der Waals surface area contributed by atoms with Gasteiger partial charge in [0.2, 0.25) is 0 Å². The van der Waals surface area contributed by atoms with Gasteiger partial charge in [0.05, 0.1) is 5.41 Å². The van der Waals surface area contributed by atoms with Crippen molar-refractivity contribution in [2.24, 2.45) is 5.41 Å². The lowest BCUT2D eigenvalue weighted by Crippen LogP contribution is -2.47. The third-order valence-electron chi connectivity index (χ3n) is 5.16. The van der Waals surface area contributed by atoms with Gasteiger partial charge in [-0.1, -0.05) is 23.7 Å². The van der Waals surface area contributed by atoms with Crippen LogP contribution in [-0.2, 0) is 10.2 Å². The highest BCUT2D eigenvalue weighted by atomic mass is 35.5. The molecular formula is C15H17ClO2. The number of aliphatic carboxylic acids is 1. The van der Waals surface area contributed by atoms with Crippen molar-refractivity contribution < 1.29 is 9.90 Å². The second kappa shape index (κ2) is 3.99. The van der Waals surface area contributed by atoms with Crippen LogP contribution >= 0.6 is 11.6 Å². The Labute approximate surface area is 112 Å². The maximum absolute atomic E-state index is 11.4. The van der Waals surface area contributed by atoms with Crippen LogP contribution in [0.3, 0.4) is 0 Å². The van der Waals surface area contributed by atoms with Crippen molar-refractivity contribution >= 4 is 17.6 Å². The molecule has 3 heteroatoms. The lowest BCUT2D eigenvalue weighted by atomic mass is 9.52. The molecule has 0 saturated heterocycles. The molecule has 3 fully saturated rings. The Hall–Kier alpha value is -1.02. The van der Waals surface area contributed by atoms with Gasteiger partial charge in [-0.3, -0.25) is 4.79 Å². The summed E-state index contributed by atoms with van der Waals surface area (Å²) in [5.41, 5.74) is 1.13. The number of hydrogen-bond acceptors (Lipinski definition) is 1. The number of hydrogen-bond donors (Lipinski definition) is 1. The van der Waals surface area contributed by atoms with Crippen molar-refractivity contribution in [3.63, 3.8) is 0 Å². The van der Waals surface area contributed by atoms with Crippen molar-refractivity contribution in [3.05, 3.63) is 34.9 Å². The summed E-state index contributed by atoms with van der Waals surface area (Å²) in [6.07, 6.45) is 5.48. The first-order valence-corrected chi connectivity index (χ1v) is 6.94. The zero-order valence-corrected chi connectivity index (χ0v) is 11.0. The van der Waals surface area contributed by atoms with Gasteiger partial charge in [-0.2, -0.15) is 0 Å². The Bertz CT molecular complexity index is 453. The molecule has 96 valence electrons. The SMILES string of the molecule is O=C(O)C12CCC(c3ccc(Cl)cc3)(CC1)CC2. The van der Waals surface area contributed by atoms with Gasteiger partial charge in [0, 0.05) is 5.02 Å². The van der Waals surface area contributed by atoms with E-state index >= 15 is 0 Å².